The summed E-state index contributed by atoms with van der Waals surface area (Å²) >= 11 is 1.88. The highest BCUT2D eigenvalue weighted by Crippen LogP contribution is 2.44. The quantitative estimate of drug-likeness (QED) is 0.498. The number of aldehydes is 1. The van der Waals surface area contributed by atoms with Crippen molar-refractivity contribution in [1.82, 2.24) is 0 Å². The molecule has 2 heteroatoms. The number of benzene rings is 1. The van der Waals surface area contributed by atoms with Crippen LogP contribution in [0.25, 0.3) is 17.2 Å². The molecule has 2 aromatic rings. The predicted octanol–water partition coefficient (Wildman–Crippen LogP) is 5.87. The Morgan fingerprint density at radius 2 is 1.57 bits per heavy atom. The molecule has 110 valence electrons. The molecule has 0 aliphatic heterocycles. The standard InChI is InChI=1S/C19H22OS/c1-13(2)18-16(11-8-12-20)17(19(21-18)14(3)4)15-9-6-5-7-10-15/h5-14H,1-4H3/b11-8+. The predicted molar refractivity (Wildman–Crippen MR) is 93.0 cm³/mol. The van der Waals surface area contributed by atoms with Crippen molar-refractivity contribution in [2.24, 2.45) is 0 Å². The van der Waals surface area contributed by atoms with Gasteiger partial charge in [-0.25, -0.2) is 0 Å². The lowest BCUT2D eigenvalue weighted by Crippen LogP contribution is -1.90. The number of rotatable bonds is 5. The Morgan fingerprint density at radius 1 is 0.952 bits per heavy atom. The first kappa shape index (κ1) is 15.7. The van der Waals surface area contributed by atoms with Crippen molar-refractivity contribution >= 4 is 23.7 Å². The fourth-order valence-corrected chi connectivity index (χ4v) is 3.84. The Labute approximate surface area is 131 Å². The summed E-state index contributed by atoms with van der Waals surface area (Å²) in [6.45, 7) is 8.89. The molecule has 1 aromatic heterocycles. The summed E-state index contributed by atoms with van der Waals surface area (Å²) in [5, 5.41) is 0. The van der Waals surface area contributed by atoms with Crippen LogP contribution < -0.4 is 0 Å². The maximum atomic E-state index is 10.8. The van der Waals surface area contributed by atoms with Gasteiger partial charge in [-0.1, -0.05) is 58.0 Å². The third-order valence-electron chi connectivity index (χ3n) is 3.45. The molecule has 0 atom stereocenters. The molecule has 2 rings (SSSR count). The minimum absolute atomic E-state index is 0.455. The van der Waals surface area contributed by atoms with Gasteiger partial charge >= 0.3 is 0 Å². The van der Waals surface area contributed by atoms with Gasteiger partial charge in [0, 0.05) is 15.3 Å². The summed E-state index contributed by atoms with van der Waals surface area (Å²) in [5.41, 5.74) is 3.73. The monoisotopic (exact) mass is 298 g/mol. The fraction of sp³-hybridized carbons (Fsp3) is 0.316. The number of carbonyl (C=O) groups excluding carboxylic acids is 1. The van der Waals surface area contributed by atoms with Gasteiger partial charge in [-0.3, -0.25) is 4.79 Å². The summed E-state index contributed by atoms with van der Waals surface area (Å²) < 4.78 is 0. The van der Waals surface area contributed by atoms with Gasteiger partial charge in [0.15, 0.2) is 0 Å². The molecule has 0 bridgehead atoms. The zero-order valence-corrected chi connectivity index (χ0v) is 13.9. The smallest absolute Gasteiger partial charge is 0.142 e. The first-order chi connectivity index (χ1) is 10.1. The van der Waals surface area contributed by atoms with Crippen LogP contribution in [-0.4, -0.2) is 6.29 Å². The average molecular weight is 298 g/mol. The van der Waals surface area contributed by atoms with E-state index in [2.05, 4.69) is 52.0 Å². The lowest BCUT2D eigenvalue weighted by molar-refractivity contribution is -0.104. The number of thiophene rings is 1. The second-order valence-corrected chi connectivity index (χ2v) is 6.87. The van der Waals surface area contributed by atoms with Crippen LogP contribution in [-0.2, 0) is 4.79 Å². The van der Waals surface area contributed by atoms with Gasteiger partial charge in [-0.2, -0.15) is 0 Å². The molecular formula is C19H22OS. The highest BCUT2D eigenvalue weighted by Gasteiger charge is 2.21. The van der Waals surface area contributed by atoms with Gasteiger partial charge in [0.25, 0.3) is 0 Å². The van der Waals surface area contributed by atoms with Gasteiger partial charge in [0.1, 0.15) is 6.29 Å². The van der Waals surface area contributed by atoms with E-state index in [9.17, 15) is 4.79 Å². The van der Waals surface area contributed by atoms with Crippen LogP contribution in [0.2, 0.25) is 0 Å². The van der Waals surface area contributed by atoms with E-state index in [0.717, 1.165) is 6.29 Å². The number of hydrogen-bond donors (Lipinski definition) is 0. The van der Waals surface area contributed by atoms with Crippen LogP contribution in [0.5, 0.6) is 0 Å². The average Bonchev–Trinajstić information content (AvgIpc) is 2.85. The van der Waals surface area contributed by atoms with Gasteiger partial charge in [0.05, 0.1) is 0 Å². The van der Waals surface area contributed by atoms with Gasteiger partial charge < -0.3 is 0 Å². The Kier molecular flexibility index (Phi) is 5.13. The molecule has 1 heterocycles. The molecular weight excluding hydrogens is 276 g/mol. The van der Waals surface area contributed by atoms with Crippen molar-refractivity contribution in [2.45, 2.75) is 39.5 Å². The molecule has 0 aliphatic carbocycles. The Bertz CT molecular complexity index is 633. The maximum absolute atomic E-state index is 10.8. The van der Waals surface area contributed by atoms with E-state index in [1.807, 2.05) is 23.5 Å². The Morgan fingerprint density at radius 3 is 2.10 bits per heavy atom. The van der Waals surface area contributed by atoms with E-state index >= 15 is 0 Å². The van der Waals surface area contributed by atoms with Crippen LogP contribution in [0.3, 0.4) is 0 Å². The van der Waals surface area contributed by atoms with E-state index in [1.54, 1.807) is 6.08 Å². The first-order valence-electron chi connectivity index (χ1n) is 7.40. The molecule has 0 saturated heterocycles. The van der Waals surface area contributed by atoms with Gasteiger partial charge in [0.2, 0.25) is 0 Å². The number of carbonyl (C=O) groups is 1. The normalized spacial score (nSPS) is 11.7. The summed E-state index contributed by atoms with van der Waals surface area (Å²) in [5.74, 6) is 0.928. The lowest BCUT2D eigenvalue weighted by Gasteiger charge is -2.09. The van der Waals surface area contributed by atoms with Crippen molar-refractivity contribution in [3.63, 3.8) is 0 Å². The fourth-order valence-electron chi connectivity index (χ4n) is 2.52. The second-order valence-electron chi connectivity index (χ2n) is 5.79. The summed E-state index contributed by atoms with van der Waals surface area (Å²) in [6, 6.07) is 10.5. The van der Waals surface area contributed by atoms with E-state index in [0.29, 0.717) is 11.8 Å². The highest BCUT2D eigenvalue weighted by atomic mass is 32.1. The molecule has 0 radical (unpaired) electrons. The highest BCUT2D eigenvalue weighted by molar-refractivity contribution is 7.13. The van der Waals surface area contributed by atoms with Crippen molar-refractivity contribution in [2.75, 3.05) is 0 Å². The zero-order chi connectivity index (χ0) is 15.4. The number of hydrogen-bond acceptors (Lipinski definition) is 2. The first-order valence-corrected chi connectivity index (χ1v) is 8.21. The SMILES string of the molecule is CC(C)c1sc(C(C)C)c(-c2ccccc2)c1/C=C/C=O. The third-order valence-corrected chi connectivity index (χ3v) is 5.26. The lowest BCUT2D eigenvalue weighted by atomic mass is 9.94. The molecule has 0 amide bonds. The molecule has 0 fully saturated rings. The van der Waals surface area contributed by atoms with E-state index in [-0.39, 0.29) is 0 Å². The van der Waals surface area contributed by atoms with Crippen molar-refractivity contribution in [3.05, 3.63) is 51.7 Å². The van der Waals surface area contributed by atoms with Gasteiger partial charge in [-0.05, 0) is 35.1 Å². The van der Waals surface area contributed by atoms with Crippen LogP contribution in [0.4, 0.5) is 0 Å². The minimum Gasteiger partial charge on any atom is -0.299 e. The summed E-state index contributed by atoms with van der Waals surface area (Å²) in [7, 11) is 0. The third kappa shape index (κ3) is 3.33. The largest absolute Gasteiger partial charge is 0.299 e. The summed E-state index contributed by atoms with van der Waals surface area (Å²) in [4.78, 5) is 13.5. The summed E-state index contributed by atoms with van der Waals surface area (Å²) in [6.07, 6.45) is 4.42. The van der Waals surface area contributed by atoms with Crippen LogP contribution in [0.1, 0.15) is 54.8 Å². The van der Waals surface area contributed by atoms with E-state index in [1.165, 1.54) is 26.4 Å². The van der Waals surface area contributed by atoms with Crippen molar-refractivity contribution < 1.29 is 4.79 Å². The van der Waals surface area contributed by atoms with Crippen LogP contribution in [0.15, 0.2) is 36.4 Å². The molecule has 21 heavy (non-hydrogen) atoms. The minimum atomic E-state index is 0.455. The van der Waals surface area contributed by atoms with Gasteiger partial charge in [-0.15, -0.1) is 11.3 Å². The molecule has 1 nitrogen and oxygen atoms in total. The van der Waals surface area contributed by atoms with Crippen LogP contribution >= 0.6 is 11.3 Å². The molecule has 0 saturated carbocycles. The molecule has 0 aliphatic rings. The maximum Gasteiger partial charge on any atom is 0.142 e. The van der Waals surface area contributed by atoms with Crippen LogP contribution in [0, 0.1) is 0 Å². The molecule has 0 spiro atoms. The molecule has 0 unspecified atom stereocenters. The second kappa shape index (κ2) is 6.86. The van der Waals surface area contributed by atoms with E-state index < -0.39 is 0 Å². The molecule has 0 N–H and O–H groups in total. The Balaban J connectivity index is 2.74. The van der Waals surface area contributed by atoms with E-state index in [4.69, 9.17) is 0 Å². The topological polar surface area (TPSA) is 17.1 Å². The van der Waals surface area contributed by atoms with Crippen molar-refractivity contribution in [1.29, 1.82) is 0 Å². The van der Waals surface area contributed by atoms with Crippen molar-refractivity contribution in [3.8, 4) is 11.1 Å². The Hall–Kier alpha value is -1.67. The zero-order valence-electron chi connectivity index (χ0n) is 13.1. The number of allylic oxidation sites excluding steroid dienone is 1. The molecule has 1 aromatic carbocycles.